The van der Waals surface area contributed by atoms with Gasteiger partial charge < -0.3 is 9.73 Å². The van der Waals surface area contributed by atoms with Crippen molar-refractivity contribution in [3.05, 3.63) is 87.2 Å². The average Bonchev–Trinajstić information content (AvgIpc) is 3.62. The Morgan fingerprint density at radius 2 is 1.43 bits per heavy atom. The predicted molar refractivity (Wildman–Crippen MR) is 136 cm³/mol. The van der Waals surface area contributed by atoms with Crippen LogP contribution in [0.5, 0.6) is 0 Å². The summed E-state index contributed by atoms with van der Waals surface area (Å²) in [5.41, 5.74) is 19.4. The van der Waals surface area contributed by atoms with E-state index in [9.17, 15) is 22.8 Å². The van der Waals surface area contributed by atoms with Crippen LogP contribution in [-0.4, -0.2) is 26.3 Å². The minimum absolute atomic E-state index is 0.306. The molecule has 0 bridgehead atoms. The third kappa shape index (κ3) is 6.92. The molecule has 0 saturated carbocycles. The van der Waals surface area contributed by atoms with Gasteiger partial charge in [-0.2, -0.15) is 8.42 Å². The number of allylic oxidation sites excluding steroid dienone is 1. The van der Waals surface area contributed by atoms with Crippen molar-refractivity contribution >= 4 is 39.2 Å². The summed E-state index contributed by atoms with van der Waals surface area (Å²) >= 11 is 0. The number of urea groups is 1. The summed E-state index contributed by atoms with van der Waals surface area (Å²) < 4.78 is 32.0. The fourth-order valence-electron chi connectivity index (χ4n) is 4.14. The number of fused-ring (bicyclic) bond motifs is 2. The lowest BCUT2D eigenvalue weighted by atomic mass is 9.99. The number of anilines is 1. The Kier molecular flexibility index (Phi) is 8.95. The summed E-state index contributed by atoms with van der Waals surface area (Å²) in [5, 5.41) is 2.50. The lowest BCUT2D eigenvalue weighted by Gasteiger charge is -2.16. The number of hydrogen-bond acceptors (Lipinski definition) is 6. The van der Waals surface area contributed by atoms with Crippen LogP contribution in [0.4, 0.5) is 10.5 Å². The van der Waals surface area contributed by atoms with Gasteiger partial charge in [-0.15, -0.1) is 0 Å². The lowest BCUT2D eigenvalue weighted by Crippen LogP contribution is -2.34. The van der Waals surface area contributed by atoms with Crippen LogP contribution in [0.3, 0.4) is 0 Å². The largest absolute Gasteiger partial charge is 0.451 e. The molecule has 0 spiro atoms. The Labute approximate surface area is 214 Å². The van der Waals surface area contributed by atoms with Crippen LogP contribution in [-0.2, 0) is 45.3 Å². The Bertz CT molecular complexity index is 1590. The van der Waals surface area contributed by atoms with Crippen LogP contribution in [0.15, 0.2) is 68.9 Å². The monoisotopic (exact) mass is 514 g/mol. The van der Waals surface area contributed by atoms with Crippen LogP contribution in [0, 0.1) is 0 Å². The van der Waals surface area contributed by atoms with Gasteiger partial charge in [0, 0.05) is 51.7 Å². The van der Waals surface area contributed by atoms with Crippen molar-refractivity contribution in [2.75, 3.05) is 5.32 Å². The number of hydrogen-bond donors (Lipinski definition) is 2. The van der Waals surface area contributed by atoms with Crippen molar-refractivity contribution in [1.29, 1.82) is 0 Å². The van der Waals surface area contributed by atoms with Crippen molar-refractivity contribution in [3.63, 3.8) is 0 Å². The smallest absolute Gasteiger partial charge is 0.333 e. The summed E-state index contributed by atoms with van der Waals surface area (Å²) in [7, 11) is -4.09. The van der Waals surface area contributed by atoms with E-state index in [0.29, 0.717) is 11.1 Å². The number of sulfonamides is 1. The van der Waals surface area contributed by atoms with Gasteiger partial charge in [0.2, 0.25) is 5.09 Å². The number of carbonyl (C=O) groups is 1. The number of rotatable bonds is 4. The first-order valence-electron chi connectivity index (χ1n) is 11.3. The van der Waals surface area contributed by atoms with E-state index in [0.717, 1.165) is 55.3 Å². The van der Waals surface area contributed by atoms with E-state index in [1.807, 2.05) is 11.5 Å². The fraction of sp³-hybridized carbons (Fsp3) is 0.250. The molecular weight excluding hydrogens is 492 g/mol. The lowest BCUT2D eigenvalue weighted by molar-refractivity contribution is 0.256. The van der Waals surface area contributed by atoms with E-state index in [4.69, 9.17) is 4.42 Å². The molecule has 2 amide bonds. The molecule has 2 aliphatic carbocycles. The third-order valence-electron chi connectivity index (χ3n) is 5.69. The highest BCUT2D eigenvalue weighted by Crippen LogP contribution is 2.38. The normalized spacial score (nSPS) is 12.1. The maximum atomic E-state index is 12.5. The highest BCUT2D eigenvalue weighted by molar-refractivity contribution is 7.89. The summed E-state index contributed by atoms with van der Waals surface area (Å²) in [4.78, 5) is 31.3. The topological polar surface area (TPSA) is 123 Å². The molecule has 0 unspecified atom stereocenters. The van der Waals surface area contributed by atoms with Crippen molar-refractivity contribution in [2.45, 2.75) is 50.5 Å². The predicted octanol–water partition coefficient (Wildman–Crippen LogP) is 3.94. The average molecular weight is 515 g/mol. The van der Waals surface area contributed by atoms with Gasteiger partial charge in [-0.05, 0) is 73.3 Å². The zero-order valence-electron chi connectivity index (χ0n) is 20.0. The quantitative estimate of drug-likeness (QED) is 0.471. The fourth-order valence-corrected chi connectivity index (χ4v) is 4.99. The Morgan fingerprint density at radius 1 is 0.892 bits per heavy atom. The number of aryl methyl sites for hydroxylation is 2. The molecular formula is C28H22N2O6S. The van der Waals surface area contributed by atoms with Gasteiger partial charge >= 0.3 is 6.03 Å². The second kappa shape index (κ2) is 12.3. The van der Waals surface area contributed by atoms with Crippen LogP contribution < -0.4 is 10.0 Å². The zero-order valence-corrected chi connectivity index (χ0v) is 20.9. The molecule has 0 radical (unpaired) electrons. The molecule has 2 aromatic rings. The molecule has 1 aromatic heterocycles. The number of furan rings is 1. The molecule has 186 valence electrons. The van der Waals surface area contributed by atoms with Crippen molar-refractivity contribution in [1.82, 2.24) is 4.72 Å². The van der Waals surface area contributed by atoms with E-state index in [2.05, 4.69) is 45.6 Å². The maximum absolute atomic E-state index is 12.5. The van der Waals surface area contributed by atoms with Gasteiger partial charge in [0.05, 0.1) is 6.26 Å². The summed E-state index contributed by atoms with van der Waals surface area (Å²) in [5.74, 6) is 2.64. The van der Waals surface area contributed by atoms with Crippen LogP contribution >= 0.6 is 0 Å². The molecule has 37 heavy (non-hydrogen) atoms. The summed E-state index contributed by atoms with van der Waals surface area (Å²) in [6.45, 7) is 5.50. The van der Waals surface area contributed by atoms with E-state index in [-0.39, 0.29) is 5.09 Å². The van der Waals surface area contributed by atoms with Crippen LogP contribution in [0.25, 0.3) is 5.57 Å². The van der Waals surface area contributed by atoms with E-state index < -0.39 is 16.1 Å². The number of benzene rings is 1. The van der Waals surface area contributed by atoms with Gasteiger partial charge in [0.15, 0.2) is 11.9 Å². The van der Waals surface area contributed by atoms with Crippen molar-refractivity contribution in [2.24, 2.45) is 0 Å². The molecule has 2 aliphatic rings. The Morgan fingerprint density at radius 3 is 1.92 bits per heavy atom. The number of amides is 2. The molecule has 0 saturated heterocycles. The maximum Gasteiger partial charge on any atom is 0.333 e. The summed E-state index contributed by atoms with van der Waals surface area (Å²) in [6.07, 6.45) is 7.26. The first kappa shape index (κ1) is 26.9. The molecule has 2 N–H and O–H groups in total. The zero-order chi connectivity index (χ0) is 26.8. The second-order valence-corrected chi connectivity index (χ2v) is 9.80. The first-order valence-corrected chi connectivity index (χ1v) is 12.7. The SMILES string of the molecule is C=C(C)c1coc(S(=O)(=O)NC(=O)Nc2c3c(cc4c2CCC4)CCC3)c1.O=C=C=C=C=C=C=C=C=O. The molecule has 9 heteroatoms. The van der Waals surface area contributed by atoms with Crippen LogP contribution in [0.2, 0.25) is 0 Å². The van der Waals surface area contributed by atoms with Crippen molar-refractivity contribution in [3.8, 4) is 0 Å². The van der Waals surface area contributed by atoms with Gasteiger partial charge in [0.1, 0.15) is 0 Å². The minimum atomic E-state index is -4.09. The number of nitrogens with one attached hydrogen (secondary N) is 2. The molecule has 1 heterocycles. The standard InChI is InChI=1S/C20H22N2O4S.C8O2/c1-12(2)15-10-18(26-11-15)27(24,25)22-20(23)21-19-16-7-3-5-13(16)9-14-6-4-8-17(14)19;9-7-5-3-1-2-4-6-8-10/h9-11H,1,3-8H2,2H3,(H2,21,22,23);. The first-order chi connectivity index (χ1) is 17.8. The molecule has 0 fully saturated rings. The van der Waals surface area contributed by atoms with Crippen molar-refractivity contribution < 1.29 is 27.2 Å². The van der Waals surface area contributed by atoms with Crippen LogP contribution in [0.1, 0.15) is 47.6 Å². The Balaban J connectivity index is 0.000000325. The highest BCUT2D eigenvalue weighted by atomic mass is 32.2. The minimum Gasteiger partial charge on any atom is -0.451 e. The molecule has 1 aromatic carbocycles. The van der Waals surface area contributed by atoms with Gasteiger partial charge in [-0.1, -0.05) is 12.6 Å². The van der Waals surface area contributed by atoms with Gasteiger partial charge in [-0.25, -0.2) is 19.1 Å². The summed E-state index contributed by atoms with van der Waals surface area (Å²) in [6, 6.07) is 2.85. The molecule has 8 nitrogen and oxygen atoms in total. The number of carbonyl (C=O) groups excluding carboxylic acids is 3. The van der Waals surface area contributed by atoms with E-state index in [1.54, 1.807) is 6.92 Å². The third-order valence-corrected chi connectivity index (χ3v) is 6.88. The van der Waals surface area contributed by atoms with Gasteiger partial charge in [0.25, 0.3) is 10.0 Å². The molecule has 4 rings (SSSR count). The molecule has 0 aliphatic heterocycles. The Hall–Kier alpha value is -4.70. The van der Waals surface area contributed by atoms with Gasteiger partial charge in [-0.3, -0.25) is 0 Å². The van der Waals surface area contributed by atoms with E-state index >= 15 is 0 Å². The highest BCUT2D eigenvalue weighted by Gasteiger charge is 2.27. The molecule has 0 atom stereocenters. The van der Waals surface area contributed by atoms with E-state index in [1.165, 1.54) is 35.3 Å². The second-order valence-electron chi connectivity index (χ2n) is 8.18.